The van der Waals surface area contributed by atoms with Crippen LogP contribution >= 0.6 is 11.6 Å². The van der Waals surface area contributed by atoms with Crippen molar-refractivity contribution in [3.05, 3.63) is 130 Å². The summed E-state index contributed by atoms with van der Waals surface area (Å²) in [4.78, 5) is 27.8. The van der Waals surface area contributed by atoms with Crippen LogP contribution in [0.4, 0.5) is 5.69 Å². The number of anilines is 1. The average Bonchev–Trinajstić information content (AvgIpc) is 3.18. The second kappa shape index (κ2) is 11.2. The van der Waals surface area contributed by atoms with Crippen molar-refractivity contribution in [3.8, 4) is 16.9 Å². The number of carbonyl (C=O) groups excluding carboxylic acids is 2. The predicted molar refractivity (Wildman–Crippen MR) is 159 cm³/mol. The van der Waals surface area contributed by atoms with Crippen molar-refractivity contribution in [1.82, 2.24) is 5.32 Å². The molecule has 6 rings (SSSR count). The van der Waals surface area contributed by atoms with E-state index in [4.69, 9.17) is 21.1 Å². The SMILES string of the molecule is COc1ccc(-c2ccccc2C(=O)Nc2ccc(C(=O)[N+]34CCOCC3=CNC=C3CC=CC=C34)c(Cl)c2)cc1. The fourth-order valence-electron chi connectivity index (χ4n) is 5.58. The molecule has 2 aliphatic heterocycles. The Bertz CT molecular complexity index is 1660. The maximum absolute atomic E-state index is 14.4. The number of allylic oxidation sites excluding steroid dienone is 4. The molecule has 1 unspecified atom stereocenters. The van der Waals surface area contributed by atoms with Gasteiger partial charge in [0.15, 0.2) is 11.4 Å². The summed E-state index contributed by atoms with van der Waals surface area (Å²) in [5, 5.41) is 6.45. The largest absolute Gasteiger partial charge is 0.497 e. The number of morpholine rings is 1. The molecule has 2 N–H and O–H groups in total. The third-order valence-electron chi connectivity index (χ3n) is 7.66. The molecule has 3 aliphatic rings. The van der Waals surface area contributed by atoms with Gasteiger partial charge in [-0.15, -0.1) is 0 Å². The van der Waals surface area contributed by atoms with Gasteiger partial charge in [0.1, 0.15) is 18.9 Å². The molecule has 0 bridgehead atoms. The van der Waals surface area contributed by atoms with Crippen molar-refractivity contribution >= 4 is 29.1 Å². The Labute approximate surface area is 243 Å². The van der Waals surface area contributed by atoms with Gasteiger partial charge < -0.3 is 20.1 Å². The fraction of sp³-hybridized carbons (Fsp3) is 0.152. The number of quaternary nitrogens is 1. The van der Waals surface area contributed by atoms with Gasteiger partial charge in [0, 0.05) is 29.1 Å². The fourth-order valence-corrected chi connectivity index (χ4v) is 5.85. The lowest BCUT2D eigenvalue weighted by atomic mass is 9.98. The molecule has 8 heteroatoms. The van der Waals surface area contributed by atoms with Crippen molar-refractivity contribution in [2.75, 3.05) is 32.2 Å². The monoisotopic (exact) mass is 566 g/mol. The number of halogens is 1. The molecule has 0 spiro atoms. The topological polar surface area (TPSA) is 76.7 Å². The molecule has 1 aliphatic carbocycles. The van der Waals surface area contributed by atoms with E-state index in [0.717, 1.165) is 40.3 Å². The van der Waals surface area contributed by atoms with E-state index in [9.17, 15) is 9.59 Å². The van der Waals surface area contributed by atoms with Crippen LogP contribution in [0.3, 0.4) is 0 Å². The van der Waals surface area contributed by atoms with Crippen LogP contribution in [0.5, 0.6) is 5.75 Å². The van der Waals surface area contributed by atoms with E-state index >= 15 is 0 Å². The molecule has 206 valence electrons. The number of hydrogen-bond acceptors (Lipinski definition) is 5. The Kier molecular flexibility index (Phi) is 7.32. The van der Waals surface area contributed by atoms with Gasteiger partial charge in [0.2, 0.25) is 0 Å². The van der Waals surface area contributed by atoms with Gasteiger partial charge in [0.25, 0.3) is 5.91 Å². The van der Waals surface area contributed by atoms with Crippen LogP contribution in [-0.2, 0) is 4.74 Å². The number of benzene rings is 3. The Balaban J connectivity index is 1.30. The minimum absolute atomic E-state index is 0.0177. The molecular formula is C33H29ClN3O4+. The van der Waals surface area contributed by atoms with E-state index in [0.29, 0.717) is 36.6 Å². The standard InChI is InChI=1S/C33H28ClN3O4/c1-40-26-13-10-22(11-14-26)27-7-3-4-8-28(27)32(38)36-24-12-15-29(30(34)18-24)33(39)37-16-17-41-21-25(37)20-35-19-23-6-2-5-9-31(23)37/h2-5,7-15,18-20,35H,6,16-17,21H2,1H3/p+1. The van der Waals surface area contributed by atoms with Gasteiger partial charge >= 0.3 is 5.91 Å². The lowest BCUT2D eigenvalue weighted by Crippen LogP contribution is -2.56. The zero-order chi connectivity index (χ0) is 28.4. The summed E-state index contributed by atoms with van der Waals surface area (Å²) in [6.07, 6.45) is 10.6. The maximum Gasteiger partial charge on any atom is 0.357 e. The highest BCUT2D eigenvalue weighted by Crippen LogP contribution is 2.40. The van der Waals surface area contributed by atoms with E-state index in [1.807, 2.05) is 67.0 Å². The van der Waals surface area contributed by atoms with Crippen molar-refractivity contribution < 1.29 is 23.5 Å². The third-order valence-corrected chi connectivity index (χ3v) is 7.98. The van der Waals surface area contributed by atoms with E-state index in [1.54, 1.807) is 31.4 Å². The molecule has 2 amide bonds. The molecule has 1 fully saturated rings. The first-order chi connectivity index (χ1) is 20.0. The Morgan fingerprint density at radius 3 is 2.66 bits per heavy atom. The lowest BCUT2D eigenvalue weighted by Gasteiger charge is -2.41. The van der Waals surface area contributed by atoms with Crippen LogP contribution in [0.15, 0.2) is 114 Å². The smallest absolute Gasteiger partial charge is 0.357 e. The molecule has 2 heterocycles. The van der Waals surface area contributed by atoms with Crippen LogP contribution in [0, 0.1) is 0 Å². The normalized spacial score (nSPS) is 19.3. The van der Waals surface area contributed by atoms with Crippen LogP contribution in [0.25, 0.3) is 11.1 Å². The summed E-state index contributed by atoms with van der Waals surface area (Å²) in [7, 11) is 1.62. The zero-order valence-electron chi connectivity index (χ0n) is 22.5. The van der Waals surface area contributed by atoms with Crippen LogP contribution in [0.2, 0.25) is 5.02 Å². The first-order valence-corrected chi connectivity index (χ1v) is 13.8. The van der Waals surface area contributed by atoms with Crippen molar-refractivity contribution in [1.29, 1.82) is 0 Å². The highest BCUT2D eigenvalue weighted by Gasteiger charge is 2.50. The molecular weight excluding hydrogens is 538 g/mol. The molecule has 7 nitrogen and oxygen atoms in total. The van der Waals surface area contributed by atoms with Crippen molar-refractivity contribution in [2.45, 2.75) is 6.42 Å². The first kappa shape index (κ1) is 26.8. The summed E-state index contributed by atoms with van der Waals surface area (Å²) >= 11 is 6.76. The zero-order valence-corrected chi connectivity index (χ0v) is 23.3. The summed E-state index contributed by atoms with van der Waals surface area (Å²) < 4.78 is 11.0. The molecule has 1 saturated heterocycles. The molecule has 0 aromatic heterocycles. The summed E-state index contributed by atoms with van der Waals surface area (Å²) in [6.45, 7) is 1.23. The second-order valence-electron chi connectivity index (χ2n) is 9.97. The number of rotatable bonds is 5. The van der Waals surface area contributed by atoms with Gasteiger partial charge in [0.05, 0.1) is 30.5 Å². The highest BCUT2D eigenvalue weighted by atomic mass is 35.5. The number of nitrogens with zero attached hydrogens (tertiary/aromatic N) is 1. The highest BCUT2D eigenvalue weighted by molar-refractivity contribution is 6.34. The quantitative estimate of drug-likeness (QED) is 0.348. The number of nitrogens with one attached hydrogen (secondary N) is 2. The van der Waals surface area contributed by atoms with Gasteiger partial charge in [-0.3, -0.25) is 4.79 Å². The summed E-state index contributed by atoms with van der Waals surface area (Å²) in [5.41, 5.74) is 5.86. The Morgan fingerprint density at radius 2 is 1.85 bits per heavy atom. The van der Waals surface area contributed by atoms with E-state index in [1.165, 1.54) is 0 Å². The second-order valence-corrected chi connectivity index (χ2v) is 10.4. The van der Waals surface area contributed by atoms with Crippen molar-refractivity contribution in [2.24, 2.45) is 0 Å². The van der Waals surface area contributed by atoms with Crippen molar-refractivity contribution in [3.63, 3.8) is 0 Å². The van der Waals surface area contributed by atoms with Gasteiger partial charge in [-0.05, 0) is 53.9 Å². The molecule has 0 saturated carbocycles. The average molecular weight is 567 g/mol. The number of methoxy groups -OCH3 is 1. The number of carbonyl (C=O) groups is 2. The summed E-state index contributed by atoms with van der Waals surface area (Å²) in [6, 6.07) is 20.0. The number of hydrogen-bond donors (Lipinski definition) is 2. The van der Waals surface area contributed by atoms with Gasteiger partial charge in [-0.25, -0.2) is 4.79 Å². The Hall–Kier alpha value is -4.43. The molecule has 41 heavy (non-hydrogen) atoms. The van der Waals surface area contributed by atoms with Gasteiger partial charge in [-0.2, -0.15) is 4.48 Å². The maximum atomic E-state index is 14.4. The van der Waals surface area contributed by atoms with Gasteiger partial charge in [-0.1, -0.05) is 54.1 Å². The predicted octanol–water partition coefficient (Wildman–Crippen LogP) is 6.43. The minimum Gasteiger partial charge on any atom is -0.497 e. The van der Waals surface area contributed by atoms with Crippen LogP contribution < -0.4 is 15.4 Å². The number of amides is 2. The number of fused-ring (bicyclic) bond motifs is 3. The first-order valence-electron chi connectivity index (χ1n) is 13.4. The minimum atomic E-state index is -0.278. The van der Waals surface area contributed by atoms with E-state index in [-0.39, 0.29) is 21.3 Å². The third kappa shape index (κ3) is 4.89. The number of ether oxygens (including phenoxy) is 2. The lowest BCUT2D eigenvalue weighted by molar-refractivity contribution is -0.779. The molecule has 3 aromatic rings. The summed E-state index contributed by atoms with van der Waals surface area (Å²) in [5.74, 6) is 0.327. The van der Waals surface area contributed by atoms with E-state index < -0.39 is 0 Å². The van der Waals surface area contributed by atoms with Crippen LogP contribution in [-0.4, -0.2) is 43.2 Å². The van der Waals surface area contributed by atoms with E-state index in [2.05, 4.69) is 16.7 Å². The molecule has 3 aromatic carbocycles. The molecule has 1 atom stereocenters. The molecule has 0 radical (unpaired) electrons. The Morgan fingerprint density at radius 1 is 1.02 bits per heavy atom. The van der Waals surface area contributed by atoms with Crippen LogP contribution in [0.1, 0.15) is 27.1 Å².